The first-order chi connectivity index (χ1) is 6.42. The van der Waals surface area contributed by atoms with Gasteiger partial charge in [0.05, 0.1) is 0 Å². The predicted octanol–water partition coefficient (Wildman–Crippen LogP) is 1.96. The van der Waals surface area contributed by atoms with Crippen molar-refractivity contribution in [3.63, 3.8) is 0 Å². The number of hydrogen-bond donors (Lipinski definition) is 2. The molecular formula is C9H16N4S. The van der Waals surface area contributed by atoms with Crippen LogP contribution in [0.2, 0.25) is 0 Å². The molecular weight excluding hydrogens is 196 g/mol. The summed E-state index contributed by atoms with van der Waals surface area (Å²) in [5.74, 6) is 5.71. The van der Waals surface area contributed by atoms with E-state index in [0.717, 1.165) is 10.6 Å². The van der Waals surface area contributed by atoms with Crippen LogP contribution in [0.3, 0.4) is 0 Å². The molecule has 0 aliphatic heterocycles. The zero-order chi connectivity index (χ0) is 10.8. The number of nitrogens with zero attached hydrogens (tertiary/aromatic N) is 2. The van der Waals surface area contributed by atoms with E-state index in [1.54, 1.807) is 18.0 Å². The van der Waals surface area contributed by atoms with E-state index < -0.39 is 0 Å². The predicted molar refractivity (Wildman–Crippen MR) is 60.2 cm³/mol. The highest BCUT2D eigenvalue weighted by molar-refractivity contribution is 8.00. The summed E-state index contributed by atoms with van der Waals surface area (Å²) in [6.45, 7) is 8.44. The molecule has 5 heteroatoms. The Morgan fingerprint density at radius 3 is 2.57 bits per heavy atom. The van der Waals surface area contributed by atoms with Crippen molar-refractivity contribution >= 4 is 17.7 Å². The molecule has 0 unspecified atom stereocenters. The first kappa shape index (κ1) is 11.3. The third-order valence-electron chi connectivity index (χ3n) is 1.46. The number of hydrogen-bond acceptors (Lipinski definition) is 5. The lowest BCUT2D eigenvalue weighted by Gasteiger charge is -2.18. The molecule has 0 saturated heterocycles. The van der Waals surface area contributed by atoms with Gasteiger partial charge in [0.15, 0.2) is 0 Å². The largest absolute Gasteiger partial charge is 0.292 e. The highest BCUT2D eigenvalue weighted by Gasteiger charge is 2.15. The van der Waals surface area contributed by atoms with Crippen LogP contribution in [0.5, 0.6) is 0 Å². The Morgan fingerprint density at radius 1 is 1.43 bits per heavy atom. The molecule has 4 nitrogen and oxygen atoms in total. The van der Waals surface area contributed by atoms with Crippen LogP contribution in [0.4, 0.5) is 5.95 Å². The van der Waals surface area contributed by atoms with Crippen molar-refractivity contribution in [2.75, 3.05) is 5.43 Å². The Morgan fingerprint density at radius 2 is 2.07 bits per heavy atom. The van der Waals surface area contributed by atoms with Crippen LogP contribution in [0, 0.1) is 6.92 Å². The van der Waals surface area contributed by atoms with E-state index in [-0.39, 0.29) is 4.75 Å². The molecule has 14 heavy (non-hydrogen) atoms. The summed E-state index contributed by atoms with van der Waals surface area (Å²) in [6.07, 6.45) is 1.77. The fourth-order valence-electron chi connectivity index (χ4n) is 0.889. The van der Waals surface area contributed by atoms with Crippen molar-refractivity contribution in [2.24, 2.45) is 5.84 Å². The summed E-state index contributed by atoms with van der Waals surface area (Å²) < 4.78 is 0.144. The summed E-state index contributed by atoms with van der Waals surface area (Å²) in [4.78, 5) is 8.32. The van der Waals surface area contributed by atoms with Crippen molar-refractivity contribution in [2.45, 2.75) is 37.5 Å². The first-order valence-electron chi connectivity index (χ1n) is 4.41. The maximum atomic E-state index is 5.25. The fraction of sp³-hybridized carbons (Fsp3) is 0.556. The van der Waals surface area contributed by atoms with Crippen molar-refractivity contribution in [1.29, 1.82) is 0 Å². The van der Waals surface area contributed by atoms with Crippen molar-refractivity contribution in [3.05, 3.63) is 11.8 Å². The maximum absolute atomic E-state index is 5.25. The lowest BCUT2D eigenvalue weighted by molar-refractivity contribution is 0.797. The summed E-state index contributed by atoms with van der Waals surface area (Å²) >= 11 is 1.71. The van der Waals surface area contributed by atoms with Gasteiger partial charge in [0, 0.05) is 10.9 Å². The van der Waals surface area contributed by atoms with Gasteiger partial charge in [-0.1, -0.05) is 20.8 Å². The molecule has 0 aromatic carbocycles. The quantitative estimate of drug-likeness (QED) is 0.339. The molecule has 0 saturated carbocycles. The van der Waals surface area contributed by atoms with E-state index in [1.165, 1.54) is 0 Å². The van der Waals surface area contributed by atoms with Gasteiger partial charge >= 0.3 is 0 Å². The molecule has 1 rings (SSSR count). The number of nitrogen functional groups attached to an aromatic ring is 1. The van der Waals surface area contributed by atoms with Crippen LogP contribution in [0.25, 0.3) is 0 Å². The van der Waals surface area contributed by atoms with Crippen LogP contribution < -0.4 is 11.3 Å². The van der Waals surface area contributed by atoms with Gasteiger partial charge in [0.25, 0.3) is 0 Å². The highest BCUT2D eigenvalue weighted by atomic mass is 32.2. The number of aryl methyl sites for hydroxylation is 1. The molecule has 0 aliphatic carbocycles. The minimum atomic E-state index is 0.144. The number of thioether (sulfide) groups is 1. The second-order valence-electron chi connectivity index (χ2n) is 4.04. The number of hydrazine groups is 1. The van der Waals surface area contributed by atoms with Crippen LogP contribution in [0.1, 0.15) is 26.3 Å². The molecule has 0 bridgehead atoms. The van der Waals surface area contributed by atoms with Crippen LogP contribution in [-0.4, -0.2) is 14.7 Å². The normalized spacial score (nSPS) is 11.5. The molecule has 0 radical (unpaired) electrons. The fourth-order valence-corrected chi connectivity index (χ4v) is 1.82. The summed E-state index contributed by atoms with van der Waals surface area (Å²) in [5.41, 5.74) is 3.52. The maximum Gasteiger partial charge on any atom is 0.238 e. The minimum absolute atomic E-state index is 0.144. The lowest BCUT2D eigenvalue weighted by atomic mass is 10.3. The van der Waals surface area contributed by atoms with Gasteiger partial charge in [-0.15, -0.1) is 11.8 Å². The Kier molecular flexibility index (Phi) is 3.34. The molecule has 0 aliphatic rings. The minimum Gasteiger partial charge on any atom is -0.292 e. The lowest BCUT2D eigenvalue weighted by Crippen LogP contribution is -2.13. The average Bonchev–Trinajstić information content (AvgIpc) is 2.06. The molecule has 1 aromatic rings. The number of nitrogens with two attached hydrogens (primary N) is 1. The Hall–Kier alpha value is -0.810. The summed E-state index contributed by atoms with van der Waals surface area (Å²) in [7, 11) is 0. The van der Waals surface area contributed by atoms with Gasteiger partial charge in [-0.05, 0) is 12.5 Å². The summed E-state index contributed by atoms with van der Waals surface area (Å²) in [6, 6.07) is 0. The molecule has 1 heterocycles. The topological polar surface area (TPSA) is 63.8 Å². The molecule has 0 atom stereocenters. The van der Waals surface area contributed by atoms with E-state index in [9.17, 15) is 0 Å². The zero-order valence-electron chi connectivity index (χ0n) is 8.96. The number of nitrogens with one attached hydrogen (secondary N) is 1. The number of anilines is 1. The van der Waals surface area contributed by atoms with E-state index in [2.05, 4.69) is 36.2 Å². The smallest absolute Gasteiger partial charge is 0.238 e. The molecule has 0 fully saturated rings. The van der Waals surface area contributed by atoms with Crippen LogP contribution in [-0.2, 0) is 0 Å². The first-order valence-corrected chi connectivity index (χ1v) is 5.23. The standard InChI is InChI=1S/C9H16N4S/c1-6-5-11-8(13-10)12-7(6)14-9(2,3)4/h5H,10H2,1-4H3,(H,11,12,13). The Bertz CT molecular complexity index is 319. The van der Waals surface area contributed by atoms with Gasteiger partial charge in [-0.3, -0.25) is 5.43 Å². The SMILES string of the molecule is Cc1cnc(NN)nc1SC(C)(C)C. The molecule has 1 aromatic heterocycles. The van der Waals surface area contributed by atoms with Crippen molar-refractivity contribution in [3.8, 4) is 0 Å². The Labute approximate surface area is 88.7 Å². The third-order valence-corrected chi connectivity index (χ3v) is 2.68. The van der Waals surface area contributed by atoms with E-state index >= 15 is 0 Å². The highest BCUT2D eigenvalue weighted by Crippen LogP contribution is 2.32. The van der Waals surface area contributed by atoms with Gasteiger partial charge in [0.2, 0.25) is 5.95 Å². The van der Waals surface area contributed by atoms with Crippen molar-refractivity contribution in [1.82, 2.24) is 9.97 Å². The molecule has 3 N–H and O–H groups in total. The van der Waals surface area contributed by atoms with Gasteiger partial charge in [-0.2, -0.15) is 0 Å². The van der Waals surface area contributed by atoms with Gasteiger partial charge in [-0.25, -0.2) is 15.8 Å². The van der Waals surface area contributed by atoms with Crippen LogP contribution in [0.15, 0.2) is 11.2 Å². The Balaban J connectivity index is 2.95. The van der Waals surface area contributed by atoms with Gasteiger partial charge < -0.3 is 0 Å². The second kappa shape index (κ2) is 4.14. The molecule has 0 spiro atoms. The van der Waals surface area contributed by atoms with E-state index in [0.29, 0.717) is 5.95 Å². The summed E-state index contributed by atoms with van der Waals surface area (Å²) in [5, 5.41) is 0.973. The van der Waals surface area contributed by atoms with Gasteiger partial charge in [0.1, 0.15) is 5.03 Å². The molecule has 78 valence electrons. The molecule has 0 amide bonds. The van der Waals surface area contributed by atoms with E-state index in [1.807, 2.05) is 6.92 Å². The second-order valence-corrected chi connectivity index (χ2v) is 5.86. The zero-order valence-corrected chi connectivity index (χ0v) is 9.77. The third kappa shape index (κ3) is 3.16. The van der Waals surface area contributed by atoms with Crippen molar-refractivity contribution < 1.29 is 0 Å². The van der Waals surface area contributed by atoms with E-state index in [4.69, 9.17) is 5.84 Å². The monoisotopic (exact) mass is 212 g/mol. The van der Waals surface area contributed by atoms with Crippen LogP contribution >= 0.6 is 11.8 Å². The number of rotatable bonds is 2. The number of aromatic nitrogens is 2. The average molecular weight is 212 g/mol.